The molecule has 0 aliphatic rings. The van der Waals surface area contributed by atoms with Crippen LogP contribution in [0.2, 0.25) is 0 Å². The normalized spacial score (nSPS) is 16.2. The molecule has 21 heavy (non-hydrogen) atoms. The van der Waals surface area contributed by atoms with Gasteiger partial charge in [-0.3, -0.25) is 9.59 Å². The van der Waals surface area contributed by atoms with Gasteiger partial charge in [0.25, 0.3) is 0 Å². The number of esters is 2. The van der Waals surface area contributed by atoms with Gasteiger partial charge in [0.2, 0.25) is 6.10 Å². The van der Waals surface area contributed by atoms with Crippen molar-refractivity contribution in [2.45, 2.75) is 31.7 Å². The number of carbonyl (C=O) groups is 4. The highest BCUT2D eigenvalue weighted by atomic mass is 16.6. The molecule has 3 atom stereocenters. The van der Waals surface area contributed by atoms with E-state index in [1.807, 2.05) is 0 Å². The highest BCUT2D eigenvalue weighted by Crippen LogP contribution is 2.22. The Morgan fingerprint density at radius 3 is 2.00 bits per heavy atom. The second-order valence-corrected chi connectivity index (χ2v) is 4.06. The van der Waals surface area contributed by atoms with Crippen molar-refractivity contribution in [2.24, 2.45) is 0 Å². The molecule has 0 amide bonds. The smallest absolute Gasteiger partial charge is 0.362 e. The molecule has 3 unspecified atom stereocenters. The molecule has 10 nitrogen and oxygen atoms in total. The summed E-state index contributed by atoms with van der Waals surface area (Å²) in [6.07, 6.45) is -4.18. The number of aliphatic carboxylic acids is 1. The molecule has 0 bridgehead atoms. The van der Waals surface area contributed by atoms with Crippen molar-refractivity contribution in [1.29, 1.82) is 0 Å². The minimum Gasteiger partial charge on any atom is -0.479 e. The average Bonchev–Trinajstić information content (AvgIpc) is 2.39. The third-order valence-corrected chi connectivity index (χ3v) is 2.37. The van der Waals surface area contributed by atoms with Crippen molar-refractivity contribution in [1.82, 2.24) is 0 Å². The van der Waals surface area contributed by atoms with E-state index >= 15 is 0 Å². The summed E-state index contributed by atoms with van der Waals surface area (Å²) >= 11 is 0. The van der Waals surface area contributed by atoms with Crippen LogP contribution in [0.5, 0.6) is 0 Å². The Kier molecular flexibility index (Phi) is 6.92. The maximum atomic E-state index is 11.9. The molecular weight excluding hydrogens is 292 g/mol. The van der Waals surface area contributed by atoms with E-state index in [0.29, 0.717) is 0 Å². The summed E-state index contributed by atoms with van der Waals surface area (Å²) in [5, 5.41) is 35.9. The fourth-order valence-electron chi connectivity index (χ4n) is 1.35. The SMILES string of the molecule is CC(=O)OC(C(C)=O)(C(=O)OCC(O)CO)C(O)C(=O)O. The highest BCUT2D eigenvalue weighted by Gasteiger charge is 2.58. The van der Waals surface area contributed by atoms with Gasteiger partial charge in [-0.2, -0.15) is 0 Å². The summed E-state index contributed by atoms with van der Waals surface area (Å²) in [6.45, 7) is -0.0473. The van der Waals surface area contributed by atoms with Crippen LogP contribution in [0, 0.1) is 0 Å². The van der Waals surface area contributed by atoms with Crippen molar-refractivity contribution < 1.29 is 49.1 Å². The Labute approximate surface area is 118 Å². The first kappa shape index (κ1) is 19.0. The van der Waals surface area contributed by atoms with E-state index in [4.69, 9.17) is 15.3 Å². The minimum absolute atomic E-state index is 0.721. The first-order valence-corrected chi connectivity index (χ1v) is 5.67. The molecule has 0 heterocycles. The third-order valence-electron chi connectivity index (χ3n) is 2.37. The van der Waals surface area contributed by atoms with Gasteiger partial charge in [-0.15, -0.1) is 0 Å². The summed E-state index contributed by atoms with van der Waals surface area (Å²) in [6, 6.07) is 0. The Bertz CT molecular complexity index is 431. The lowest BCUT2D eigenvalue weighted by atomic mass is 9.91. The second kappa shape index (κ2) is 7.67. The number of hydrogen-bond donors (Lipinski definition) is 4. The molecule has 0 aromatic carbocycles. The van der Waals surface area contributed by atoms with E-state index in [1.165, 1.54) is 0 Å². The lowest BCUT2D eigenvalue weighted by Crippen LogP contribution is -2.61. The van der Waals surface area contributed by atoms with Gasteiger partial charge < -0.3 is 29.9 Å². The standard InChI is InChI=1S/C11H16O10/c1-5(13)11(21-6(2)14,8(16)9(17)18)10(19)20-4-7(15)3-12/h7-8,12,15-16H,3-4H2,1-2H3,(H,17,18). The number of hydrogen-bond acceptors (Lipinski definition) is 9. The molecule has 0 aliphatic carbocycles. The van der Waals surface area contributed by atoms with Crippen molar-refractivity contribution in [2.75, 3.05) is 13.2 Å². The van der Waals surface area contributed by atoms with Crippen LogP contribution in [-0.4, -0.2) is 75.1 Å². The van der Waals surface area contributed by atoms with Gasteiger partial charge in [-0.25, -0.2) is 9.59 Å². The number of aliphatic hydroxyl groups is 3. The van der Waals surface area contributed by atoms with Crippen LogP contribution in [0.4, 0.5) is 0 Å². The molecule has 0 saturated heterocycles. The summed E-state index contributed by atoms with van der Waals surface area (Å²) in [5.41, 5.74) is -3.09. The Morgan fingerprint density at radius 1 is 1.14 bits per heavy atom. The van der Waals surface area contributed by atoms with Crippen molar-refractivity contribution in [3.05, 3.63) is 0 Å². The summed E-state index contributed by atoms with van der Waals surface area (Å²) < 4.78 is 8.84. The van der Waals surface area contributed by atoms with E-state index in [2.05, 4.69) is 9.47 Å². The minimum atomic E-state index is -3.09. The molecular formula is C11H16O10. The van der Waals surface area contributed by atoms with Crippen LogP contribution in [0.15, 0.2) is 0 Å². The highest BCUT2D eigenvalue weighted by molar-refractivity contribution is 6.11. The fraction of sp³-hybridized carbons (Fsp3) is 0.636. The number of Topliss-reactive ketones (excluding diaryl/α,β-unsaturated/α-hetero) is 1. The average molecular weight is 308 g/mol. The number of ether oxygens (including phenoxy) is 2. The largest absolute Gasteiger partial charge is 0.479 e. The molecule has 0 radical (unpaired) electrons. The quantitative estimate of drug-likeness (QED) is 0.272. The van der Waals surface area contributed by atoms with Gasteiger partial charge in [0.05, 0.1) is 6.61 Å². The molecule has 0 fully saturated rings. The second-order valence-electron chi connectivity index (χ2n) is 4.06. The van der Waals surface area contributed by atoms with Gasteiger partial charge in [-0.05, 0) is 6.92 Å². The van der Waals surface area contributed by atoms with Gasteiger partial charge in [0.15, 0.2) is 5.78 Å². The first-order chi connectivity index (χ1) is 9.59. The monoisotopic (exact) mass is 308 g/mol. The van der Waals surface area contributed by atoms with Gasteiger partial charge >= 0.3 is 23.5 Å². The molecule has 120 valence electrons. The third kappa shape index (κ3) is 4.48. The number of carboxylic acids is 1. The Morgan fingerprint density at radius 2 is 1.67 bits per heavy atom. The van der Waals surface area contributed by atoms with Crippen molar-refractivity contribution in [3.63, 3.8) is 0 Å². The van der Waals surface area contributed by atoms with E-state index in [9.17, 15) is 24.3 Å². The number of rotatable bonds is 8. The zero-order chi connectivity index (χ0) is 16.8. The maximum Gasteiger partial charge on any atom is 0.362 e. The molecule has 0 saturated carbocycles. The van der Waals surface area contributed by atoms with Gasteiger partial charge in [0, 0.05) is 6.92 Å². The van der Waals surface area contributed by atoms with Crippen LogP contribution in [-0.2, 0) is 28.7 Å². The van der Waals surface area contributed by atoms with E-state index in [-0.39, 0.29) is 0 Å². The number of aliphatic hydroxyl groups excluding tert-OH is 3. The van der Waals surface area contributed by atoms with Crippen molar-refractivity contribution >= 4 is 23.7 Å². The molecule has 0 spiro atoms. The lowest BCUT2D eigenvalue weighted by Gasteiger charge is -2.30. The topological polar surface area (TPSA) is 168 Å². The van der Waals surface area contributed by atoms with Crippen LogP contribution in [0.25, 0.3) is 0 Å². The summed E-state index contributed by atoms with van der Waals surface area (Å²) in [5.74, 6) is -6.15. The number of ketones is 1. The number of carboxylic acid groups (broad SMARTS) is 1. The first-order valence-electron chi connectivity index (χ1n) is 5.67. The van der Waals surface area contributed by atoms with Gasteiger partial charge in [-0.1, -0.05) is 0 Å². The molecule has 10 heteroatoms. The van der Waals surface area contributed by atoms with Gasteiger partial charge in [0.1, 0.15) is 12.7 Å². The zero-order valence-electron chi connectivity index (χ0n) is 11.3. The summed E-state index contributed by atoms with van der Waals surface area (Å²) in [7, 11) is 0. The van der Waals surface area contributed by atoms with E-state index in [1.54, 1.807) is 0 Å². The molecule has 0 aliphatic heterocycles. The van der Waals surface area contributed by atoms with Crippen molar-refractivity contribution in [3.8, 4) is 0 Å². The van der Waals surface area contributed by atoms with Crippen LogP contribution >= 0.6 is 0 Å². The predicted molar refractivity (Wildman–Crippen MR) is 62.9 cm³/mol. The lowest BCUT2D eigenvalue weighted by molar-refractivity contribution is -0.203. The molecule has 0 aromatic rings. The zero-order valence-corrected chi connectivity index (χ0v) is 11.3. The Balaban J connectivity index is 5.55. The van der Waals surface area contributed by atoms with E-state index in [0.717, 1.165) is 13.8 Å². The van der Waals surface area contributed by atoms with Crippen LogP contribution in [0.1, 0.15) is 13.8 Å². The molecule has 0 rings (SSSR count). The van der Waals surface area contributed by atoms with E-state index < -0.39 is 54.7 Å². The Hall–Kier alpha value is -2.04. The fourth-order valence-corrected chi connectivity index (χ4v) is 1.35. The number of carbonyl (C=O) groups excluding carboxylic acids is 3. The predicted octanol–water partition coefficient (Wildman–Crippen LogP) is -2.78. The maximum absolute atomic E-state index is 11.9. The van der Waals surface area contributed by atoms with Crippen LogP contribution < -0.4 is 0 Å². The molecule has 0 aromatic heterocycles. The van der Waals surface area contributed by atoms with Crippen LogP contribution in [0.3, 0.4) is 0 Å². The molecule has 4 N–H and O–H groups in total. The summed E-state index contributed by atoms with van der Waals surface area (Å²) in [4.78, 5) is 45.3.